The molecule has 158 valence electrons. The molecule has 1 atom stereocenters. The van der Waals surface area contributed by atoms with E-state index in [0.717, 1.165) is 36.7 Å². The number of nitrogens with zero attached hydrogens (tertiary/aromatic N) is 3. The maximum Gasteiger partial charge on any atom is 0.191 e. The Hall–Kier alpha value is -3.47. The molecule has 0 amide bonds. The summed E-state index contributed by atoms with van der Waals surface area (Å²) in [6.45, 7) is 1.91. The summed E-state index contributed by atoms with van der Waals surface area (Å²) >= 11 is 0. The van der Waals surface area contributed by atoms with Gasteiger partial charge in [0.25, 0.3) is 0 Å². The van der Waals surface area contributed by atoms with Crippen molar-refractivity contribution in [1.82, 2.24) is 10.6 Å². The van der Waals surface area contributed by atoms with Crippen LogP contribution in [0.2, 0.25) is 0 Å². The molecule has 2 N–H and O–H groups in total. The minimum Gasteiger partial charge on any atom is -0.497 e. The normalized spacial score (nSPS) is 16.2. The van der Waals surface area contributed by atoms with Gasteiger partial charge >= 0.3 is 0 Å². The van der Waals surface area contributed by atoms with Gasteiger partial charge in [-0.25, -0.2) is 4.39 Å². The number of hydrogen-bond acceptors (Lipinski definition) is 5. The molecule has 0 aromatic heterocycles. The highest BCUT2D eigenvalue weighted by Crippen LogP contribution is 2.30. The second-order valence-electron chi connectivity index (χ2n) is 6.99. The van der Waals surface area contributed by atoms with Crippen molar-refractivity contribution in [1.29, 1.82) is 5.26 Å². The molecule has 2 aromatic carbocycles. The number of benzene rings is 2. The summed E-state index contributed by atoms with van der Waals surface area (Å²) < 4.78 is 24.7. The summed E-state index contributed by atoms with van der Waals surface area (Å²) in [6, 6.07) is 12.4. The Morgan fingerprint density at radius 2 is 1.97 bits per heavy atom. The number of halogens is 1. The number of aliphatic imine (C=N–C) groups is 1. The number of guanidine groups is 1. The van der Waals surface area contributed by atoms with Crippen LogP contribution < -0.4 is 25.0 Å². The zero-order valence-electron chi connectivity index (χ0n) is 17.4. The molecule has 1 fully saturated rings. The minimum absolute atomic E-state index is 0.184. The zero-order valence-corrected chi connectivity index (χ0v) is 17.4. The maximum atomic E-state index is 14.0. The summed E-state index contributed by atoms with van der Waals surface area (Å²) in [5.41, 5.74) is 1.89. The zero-order chi connectivity index (χ0) is 21.5. The molecule has 1 saturated heterocycles. The van der Waals surface area contributed by atoms with Crippen LogP contribution in [0.25, 0.3) is 0 Å². The van der Waals surface area contributed by atoms with Gasteiger partial charge in [-0.3, -0.25) is 4.99 Å². The van der Waals surface area contributed by atoms with Crippen molar-refractivity contribution in [2.75, 3.05) is 39.3 Å². The van der Waals surface area contributed by atoms with Gasteiger partial charge in [-0.15, -0.1) is 0 Å². The van der Waals surface area contributed by atoms with E-state index >= 15 is 0 Å². The van der Waals surface area contributed by atoms with E-state index in [-0.39, 0.29) is 18.4 Å². The average Bonchev–Trinajstić information content (AvgIpc) is 3.25. The van der Waals surface area contributed by atoms with E-state index in [1.54, 1.807) is 27.3 Å². The van der Waals surface area contributed by atoms with E-state index in [2.05, 4.69) is 20.5 Å². The summed E-state index contributed by atoms with van der Waals surface area (Å²) in [6.07, 6.45) is 0.929. The Bertz CT molecular complexity index is 935. The first-order valence-electron chi connectivity index (χ1n) is 9.70. The Labute approximate surface area is 176 Å². The molecule has 1 aliphatic rings. The number of hydrogen-bond donors (Lipinski definition) is 2. The van der Waals surface area contributed by atoms with Crippen LogP contribution in [0.15, 0.2) is 41.4 Å². The lowest BCUT2D eigenvalue weighted by atomic mass is 10.1. The lowest BCUT2D eigenvalue weighted by Gasteiger charge is -2.21. The molecule has 0 saturated carbocycles. The van der Waals surface area contributed by atoms with Crippen molar-refractivity contribution >= 4 is 11.6 Å². The molecule has 0 bridgehead atoms. The highest BCUT2D eigenvalue weighted by Gasteiger charge is 2.24. The topological polar surface area (TPSA) is 81.9 Å². The van der Waals surface area contributed by atoms with E-state index in [1.807, 2.05) is 24.3 Å². The van der Waals surface area contributed by atoms with E-state index in [9.17, 15) is 4.39 Å². The van der Waals surface area contributed by atoms with E-state index < -0.39 is 0 Å². The second-order valence-corrected chi connectivity index (χ2v) is 6.99. The quantitative estimate of drug-likeness (QED) is 0.562. The molecule has 30 heavy (non-hydrogen) atoms. The standard InChI is InChI=1S/C22H26FN5O2/c1-25-22(26-13-16-8-15(12-24)4-5-21(16)23)27-17-6-7-28(14-17)18-9-19(29-2)11-20(10-18)30-3/h4-5,8-11,17H,6-7,13-14H2,1-3H3,(H2,25,26,27). The molecule has 0 spiro atoms. The van der Waals surface area contributed by atoms with Crippen LogP contribution in [0, 0.1) is 17.1 Å². The Morgan fingerprint density at radius 1 is 1.23 bits per heavy atom. The predicted molar refractivity (Wildman–Crippen MR) is 115 cm³/mol. The number of rotatable bonds is 6. The molecule has 8 heteroatoms. The number of anilines is 1. The third-order valence-electron chi connectivity index (χ3n) is 5.08. The van der Waals surface area contributed by atoms with Gasteiger partial charge in [0.15, 0.2) is 5.96 Å². The molecule has 1 heterocycles. The molecule has 3 rings (SSSR count). The SMILES string of the molecule is CN=C(NCc1cc(C#N)ccc1F)NC1CCN(c2cc(OC)cc(OC)c2)C1. The lowest BCUT2D eigenvalue weighted by Crippen LogP contribution is -2.44. The number of nitriles is 1. The van der Waals surface area contributed by atoms with Gasteiger partial charge < -0.3 is 25.0 Å². The Kier molecular flexibility index (Phi) is 6.96. The van der Waals surface area contributed by atoms with Crippen molar-refractivity contribution in [2.24, 2.45) is 4.99 Å². The monoisotopic (exact) mass is 411 g/mol. The van der Waals surface area contributed by atoms with Crippen LogP contribution in [-0.2, 0) is 6.54 Å². The molecule has 2 aromatic rings. The van der Waals surface area contributed by atoms with Gasteiger partial charge in [-0.2, -0.15) is 5.26 Å². The first kappa shape index (κ1) is 21.2. The third kappa shape index (κ3) is 5.11. The van der Waals surface area contributed by atoms with Gasteiger partial charge in [0.2, 0.25) is 0 Å². The predicted octanol–water partition coefficient (Wildman–Crippen LogP) is 2.66. The summed E-state index contributed by atoms with van der Waals surface area (Å²) in [5, 5.41) is 15.5. The fourth-order valence-corrected chi connectivity index (χ4v) is 3.43. The van der Waals surface area contributed by atoms with Crippen LogP contribution >= 0.6 is 0 Å². The van der Waals surface area contributed by atoms with Crippen molar-refractivity contribution in [3.63, 3.8) is 0 Å². The van der Waals surface area contributed by atoms with Crippen molar-refractivity contribution in [2.45, 2.75) is 19.0 Å². The largest absolute Gasteiger partial charge is 0.497 e. The smallest absolute Gasteiger partial charge is 0.191 e. The van der Waals surface area contributed by atoms with Crippen molar-refractivity contribution in [3.05, 3.63) is 53.3 Å². The van der Waals surface area contributed by atoms with Crippen LogP contribution in [0.1, 0.15) is 17.5 Å². The van der Waals surface area contributed by atoms with Crippen LogP contribution in [0.5, 0.6) is 11.5 Å². The first-order chi connectivity index (χ1) is 14.6. The lowest BCUT2D eigenvalue weighted by molar-refractivity contribution is 0.394. The fourth-order valence-electron chi connectivity index (χ4n) is 3.43. The fraction of sp³-hybridized carbons (Fsp3) is 0.364. The van der Waals surface area contributed by atoms with Gasteiger partial charge in [0.1, 0.15) is 17.3 Å². The van der Waals surface area contributed by atoms with Crippen LogP contribution in [0.3, 0.4) is 0 Å². The highest BCUT2D eigenvalue weighted by atomic mass is 19.1. The van der Waals surface area contributed by atoms with Crippen LogP contribution in [-0.4, -0.2) is 46.4 Å². The second kappa shape index (κ2) is 9.83. The molecular weight excluding hydrogens is 385 g/mol. The molecule has 0 radical (unpaired) electrons. The van der Waals surface area contributed by atoms with Gasteiger partial charge in [-0.05, 0) is 24.6 Å². The average molecular weight is 411 g/mol. The number of nitrogens with one attached hydrogen (secondary N) is 2. The summed E-state index contributed by atoms with van der Waals surface area (Å²) in [4.78, 5) is 6.50. The first-order valence-corrected chi connectivity index (χ1v) is 9.70. The van der Waals surface area contributed by atoms with E-state index in [0.29, 0.717) is 17.1 Å². The Morgan fingerprint density at radius 3 is 2.60 bits per heavy atom. The third-order valence-corrected chi connectivity index (χ3v) is 5.08. The van der Waals surface area contributed by atoms with Crippen molar-refractivity contribution in [3.8, 4) is 17.6 Å². The van der Waals surface area contributed by atoms with Gasteiger partial charge in [-0.1, -0.05) is 0 Å². The number of methoxy groups -OCH3 is 2. The van der Waals surface area contributed by atoms with Crippen LogP contribution in [0.4, 0.5) is 10.1 Å². The van der Waals surface area contributed by atoms with E-state index in [4.69, 9.17) is 14.7 Å². The molecule has 0 aliphatic carbocycles. The molecule has 1 aliphatic heterocycles. The van der Waals surface area contributed by atoms with Gasteiger partial charge in [0.05, 0.1) is 25.9 Å². The number of ether oxygens (including phenoxy) is 2. The van der Waals surface area contributed by atoms with E-state index in [1.165, 1.54) is 12.1 Å². The highest BCUT2D eigenvalue weighted by molar-refractivity contribution is 5.80. The molecular formula is C22H26FN5O2. The maximum absolute atomic E-state index is 14.0. The van der Waals surface area contributed by atoms with Gasteiger partial charge in [0, 0.05) is 62.2 Å². The summed E-state index contributed by atoms with van der Waals surface area (Å²) in [7, 11) is 4.95. The summed E-state index contributed by atoms with van der Waals surface area (Å²) in [5.74, 6) is 1.74. The minimum atomic E-state index is -0.351. The Balaban J connectivity index is 1.60. The van der Waals surface area contributed by atoms with Crippen molar-refractivity contribution < 1.29 is 13.9 Å². The molecule has 7 nitrogen and oxygen atoms in total. The molecule has 1 unspecified atom stereocenters.